The van der Waals surface area contributed by atoms with Crippen LogP contribution in [0.2, 0.25) is 10.0 Å². The molecule has 0 saturated heterocycles. The maximum atomic E-state index is 13.3. The third kappa shape index (κ3) is 4.77. The SMILES string of the molecule is Cc1ccc(-n2c(SCC(=O)Nc3cccc(Cl)c3)nc3ccccc3c2=O)cc1Cl. The highest BCUT2D eigenvalue weighted by molar-refractivity contribution is 7.99. The van der Waals surface area contributed by atoms with Crippen LogP contribution < -0.4 is 10.9 Å². The lowest BCUT2D eigenvalue weighted by molar-refractivity contribution is -0.113. The van der Waals surface area contributed by atoms with Gasteiger partial charge in [-0.15, -0.1) is 0 Å². The smallest absolute Gasteiger partial charge is 0.266 e. The van der Waals surface area contributed by atoms with Crippen molar-refractivity contribution in [2.45, 2.75) is 12.1 Å². The summed E-state index contributed by atoms with van der Waals surface area (Å²) in [5, 5.41) is 4.78. The first kappa shape index (κ1) is 21.4. The lowest BCUT2D eigenvalue weighted by Gasteiger charge is -2.14. The van der Waals surface area contributed by atoms with Gasteiger partial charge in [-0.2, -0.15) is 0 Å². The van der Waals surface area contributed by atoms with Gasteiger partial charge < -0.3 is 5.32 Å². The van der Waals surface area contributed by atoms with E-state index < -0.39 is 0 Å². The van der Waals surface area contributed by atoms with Crippen molar-refractivity contribution in [3.05, 3.63) is 92.7 Å². The molecule has 1 amide bonds. The highest BCUT2D eigenvalue weighted by Gasteiger charge is 2.15. The molecule has 0 aliphatic rings. The van der Waals surface area contributed by atoms with E-state index in [2.05, 4.69) is 10.3 Å². The number of nitrogens with zero attached hydrogens (tertiary/aromatic N) is 2. The van der Waals surface area contributed by atoms with Crippen LogP contribution in [0.3, 0.4) is 0 Å². The predicted molar refractivity (Wildman–Crippen MR) is 128 cm³/mol. The number of nitrogens with one attached hydrogen (secondary N) is 1. The number of para-hydroxylation sites is 1. The number of halogens is 2. The zero-order valence-corrected chi connectivity index (χ0v) is 18.8. The van der Waals surface area contributed by atoms with Crippen LogP contribution in [0.1, 0.15) is 5.56 Å². The van der Waals surface area contributed by atoms with Crippen molar-refractivity contribution in [3.8, 4) is 5.69 Å². The molecule has 0 aliphatic carbocycles. The first-order valence-corrected chi connectivity index (χ1v) is 11.1. The van der Waals surface area contributed by atoms with Crippen LogP contribution in [-0.4, -0.2) is 21.2 Å². The fourth-order valence-electron chi connectivity index (χ4n) is 3.05. The van der Waals surface area contributed by atoms with Gasteiger partial charge in [0.15, 0.2) is 5.16 Å². The molecule has 0 spiro atoms. The number of amides is 1. The first-order valence-electron chi connectivity index (χ1n) is 9.39. The summed E-state index contributed by atoms with van der Waals surface area (Å²) < 4.78 is 1.49. The Kier molecular flexibility index (Phi) is 6.32. The van der Waals surface area contributed by atoms with Crippen molar-refractivity contribution in [2.75, 3.05) is 11.1 Å². The number of aryl methyl sites for hydroxylation is 1. The Labute approximate surface area is 193 Å². The van der Waals surface area contributed by atoms with Gasteiger partial charge in [-0.05, 0) is 55.0 Å². The van der Waals surface area contributed by atoms with E-state index in [1.165, 1.54) is 16.3 Å². The number of hydrogen-bond acceptors (Lipinski definition) is 4. The molecule has 0 unspecified atom stereocenters. The lowest BCUT2D eigenvalue weighted by Crippen LogP contribution is -2.23. The van der Waals surface area contributed by atoms with Gasteiger partial charge >= 0.3 is 0 Å². The fraction of sp³-hybridized carbons (Fsp3) is 0.0870. The zero-order chi connectivity index (χ0) is 22.0. The van der Waals surface area contributed by atoms with E-state index in [4.69, 9.17) is 23.2 Å². The molecule has 4 rings (SSSR count). The molecule has 1 heterocycles. The summed E-state index contributed by atoms with van der Waals surface area (Å²) in [5.74, 6) is -0.167. The van der Waals surface area contributed by atoms with Crippen molar-refractivity contribution in [1.29, 1.82) is 0 Å². The minimum Gasteiger partial charge on any atom is -0.325 e. The fourth-order valence-corrected chi connectivity index (χ4v) is 4.23. The molecule has 4 aromatic rings. The van der Waals surface area contributed by atoms with Crippen LogP contribution in [0.5, 0.6) is 0 Å². The number of thioether (sulfide) groups is 1. The van der Waals surface area contributed by atoms with Gasteiger partial charge in [0.1, 0.15) is 0 Å². The molecule has 0 fully saturated rings. The second-order valence-electron chi connectivity index (χ2n) is 6.83. The van der Waals surface area contributed by atoms with Crippen LogP contribution >= 0.6 is 35.0 Å². The maximum absolute atomic E-state index is 13.3. The van der Waals surface area contributed by atoms with Crippen molar-refractivity contribution < 1.29 is 4.79 Å². The third-order valence-electron chi connectivity index (χ3n) is 4.60. The van der Waals surface area contributed by atoms with Crippen LogP contribution in [0.15, 0.2) is 76.7 Å². The summed E-state index contributed by atoms with van der Waals surface area (Å²) >= 11 is 13.4. The van der Waals surface area contributed by atoms with Crippen LogP contribution in [0.4, 0.5) is 5.69 Å². The molecule has 1 aromatic heterocycles. The lowest BCUT2D eigenvalue weighted by atomic mass is 10.2. The molecule has 5 nitrogen and oxygen atoms in total. The Hall–Kier alpha value is -2.80. The second-order valence-corrected chi connectivity index (χ2v) is 8.62. The Bertz CT molecular complexity index is 1350. The normalized spacial score (nSPS) is 10.9. The van der Waals surface area contributed by atoms with E-state index in [0.717, 1.165) is 5.56 Å². The van der Waals surface area contributed by atoms with Gasteiger partial charge in [0.05, 0.1) is 22.3 Å². The van der Waals surface area contributed by atoms with Crippen molar-refractivity contribution >= 4 is 57.5 Å². The highest BCUT2D eigenvalue weighted by Crippen LogP contribution is 2.25. The molecule has 8 heteroatoms. The molecule has 0 saturated carbocycles. The molecule has 0 bridgehead atoms. The van der Waals surface area contributed by atoms with E-state index in [1.54, 1.807) is 48.5 Å². The van der Waals surface area contributed by atoms with Crippen LogP contribution in [-0.2, 0) is 4.79 Å². The number of carbonyl (C=O) groups is 1. The largest absolute Gasteiger partial charge is 0.325 e. The summed E-state index contributed by atoms with van der Waals surface area (Å²) in [4.78, 5) is 30.4. The molecule has 0 atom stereocenters. The second kappa shape index (κ2) is 9.14. The Morgan fingerprint density at radius 3 is 2.65 bits per heavy atom. The number of anilines is 1. The topological polar surface area (TPSA) is 64.0 Å². The standard InChI is InChI=1S/C23H17Cl2N3O2S/c1-14-9-10-17(12-19(14)25)28-22(30)18-7-2-3-8-20(18)27-23(28)31-13-21(29)26-16-6-4-5-15(24)11-16/h2-12H,13H2,1H3,(H,26,29). The van der Waals surface area contributed by atoms with E-state index in [0.29, 0.717) is 37.5 Å². The molecule has 1 N–H and O–H groups in total. The van der Waals surface area contributed by atoms with Gasteiger partial charge in [0.25, 0.3) is 5.56 Å². The molecular formula is C23H17Cl2N3O2S. The maximum Gasteiger partial charge on any atom is 0.266 e. The van der Waals surface area contributed by atoms with Gasteiger partial charge in [-0.3, -0.25) is 14.2 Å². The van der Waals surface area contributed by atoms with Gasteiger partial charge in [-0.1, -0.05) is 59.2 Å². The van der Waals surface area contributed by atoms with Crippen LogP contribution in [0.25, 0.3) is 16.6 Å². The number of rotatable bonds is 5. The minimum atomic E-state index is -0.233. The zero-order valence-electron chi connectivity index (χ0n) is 16.4. The van der Waals surface area contributed by atoms with E-state index in [-0.39, 0.29) is 17.2 Å². The molecule has 0 aliphatic heterocycles. The Morgan fingerprint density at radius 2 is 1.87 bits per heavy atom. The Morgan fingerprint density at radius 1 is 1.06 bits per heavy atom. The van der Waals surface area contributed by atoms with Crippen LogP contribution in [0, 0.1) is 6.92 Å². The summed E-state index contributed by atoms with van der Waals surface area (Å²) in [5.41, 5.74) is 2.45. The molecule has 31 heavy (non-hydrogen) atoms. The first-order chi connectivity index (χ1) is 14.9. The summed E-state index contributed by atoms with van der Waals surface area (Å²) in [7, 11) is 0. The minimum absolute atomic E-state index is 0.0664. The molecule has 156 valence electrons. The van der Waals surface area contributed by atoms with E-state index >= 15 is 0 Å². The number of fused-ring (bicyclic) bond motifs is 1. The number of aromatic nitrogens is 2. The van der Waals surface area contributed by atoms with Gasteiger partial charge in [-0.25, -0.2) is 4.98 Å². The number of carbonyl (C=O) groups excluding carboxylic acids is 1. The molecular weight excluding hydrogens is 453 g/mol. The third-order valence-corrected chi connectivity index (χ3v) is 6.18. The average Bonchev–Trinajstić information content (AvgIpc) is 2.74. The van der Waals surface area contributed by atoms with Gasteiger partial charge in [0.2, 0.25) is 5.91 Å². The van der Waals surface area contributed by atoms with E-state index in [1.807, 2.05) is 25.1 Å². The predicted octanol–water partition coefficient (Wildman–Crippen LogP) is 5.73. The number of hydrogen-bond donors (Lipinski definition) is 1. The summed E-state index contributed by atoms with van der Waals surface area (Å²) in [6.07, 6.45) is 0. The Balaban J connectivity index is 1.69. The summed E-state index contributed by atoms with van der Waals surface area (Å²) in [6, 6.07) is 19.4. The average molecular weight is 470 g/mol. The van der Waals surface area contributed by atoms with Gasteiger partial charge in [0, 0.05) is 15.7 Å². The monoisotopic (exact) mass is 469 g/mol. The summed E-state index contributed by atoms with van der Waals surface area (Å²) in [6.45, 7) is 1.89. The highest BCUT2D eigenvalue weighted by atomic mass is 35.5. The quantitative estimate of drug-likeness (QED) is 0.299. The van der Waals surface area contributed by atoms with E-state index in [9.17, 15) is 9.59 Å². The van der Waals surface area contributed by atoms with Crippen molar-refractivity contribution in [1.82, 2.24) is 9.55 Å². The molecule has 0 radical (unpaired) electrons. The van der Waals surface area contributed by atoms with Crippen molar-refractivity contribution in [3.63, 3.8) is 0 Å². The molecule has 3 aromatic carbocycles. The number of benzene rings is 3. The van der Waals surface area contributed by atoms with Crippen molar-refractivity contribution in [2.24, 2.45) is 0 Å².